The summed E-state index contributed by atoms with van der Waals surface area (Å²) in [6, 6.07) is 0. The Labute approximate surface area is 102 Å². The van der Waals surface area contributed by atoms with Crippen LogP contribution in [0.25, 0.3) is 0 Å². The molecule has 0 saturated heterocycles. The molecular weight excluding hydrogens is 218 g/mol. The molecule has 0 N–H and O–H groups in total. The number of hydrogen-bond donors (Lipinski definition) is 0. The second-order valence-corrected chi connectivity index (χ2v) is 8.46. The quantitative estimate of drug-likeness (QED) is 0.612. The van der Waals surface area contributed by atoms with Crippen molar-refractivity contribution >= 4 is 8.24 Å². The summed E-state index contributed by atoms with van der Waals surface area (Å²) in [5.74, 6) is 0. The van der Waals surface area contributed by atoms with Crippen molar-refractivity contribution < 1.29 is 9.47 Å². The number of nitrogens with zero attached hydrogens (tertiary/aromatic N) is 1. The van der Waals surface area contributed by atoms with Crippen molar-refractivity contribution in [3.05, 3.63) is 12.3 Å². The number of methoxy groups -OCH3 is 2. The van der Waals surface area contributed by atoms with E-state index in [1.807, 2.05) is 0 Å². The molecule has 4 heteroatoms. The summed E-state index contributed by atoms with van der Waals surface area (Å²) < 4.78 is 13.6. The van der Waals surface area contributed by atoms with E-state index in [9.17, 15) is 0 Å². The first kappa shape index (κ1) is 15.8. The first-order valence-corrected chi connectivity index (χ1v) is 8.17. The fourth-order valence-electron chi connectivity index (χ4n) is 2.45. The standard InChI is InChI=1S/C12H27NO2Si/c1-8-13(9-2)16(10-3,11(4)14-6)12(5)15-7/h10-12H,3,8-9H2,1-2,4-7H3. The average molecular weight is 245 g/mol. The van der Waals surface area contributed by atoms with E-state index in [-0.39, 0.29) is 11.5 Å². The monoisotopic (exact) mass is 245 g/mol. The largest absolute Gasteiger partial charge is 0.383 e. The molecule has 0 rings (SSSR count). The molecule has 0 fully saturated rings. The third-order valence-electron chi connectivity index (χ3n) is 3.65. The van der Waals surface area contributed by atoms with Gasteiger partial charge in [-0.1, -0.05) is 19.5 Å². The number of ether oxygens (including phenoxy) is 2. The van der Waals surface area contributed by atoms with Gasteiger partial charge >= 0.3 is 0 Å². The van der Waals surface area contributed by atoms with Crippen molar-refractivity contribution in [2.75, 3.05) is 27.3 Å². The van der Waals surface area contributed by atoms with Gasteiger partial charge in [0.05, 0.1) is 11.5 Å². The Balaban J connectivity index is 5.33. The van der Waals surface area contributed by atoms with Gasteiger partial charge in [-0.15, -0.1) is 6.58 Å². The second-order valence-electron chi connectivity index (χ2n) is 4.02. The topological polar surface area (TPSA) is 21.7 Å². The van der Waals surface area contributed by atoms with Gasteiger partial charge in [-0.25, -0.2) is 0 Å². The van der Waals surface area contributed by atoms with E-state index in [1.54, 1.807) is 14.2 Å². The first-order valence-electron chi connectivity index (χ1n) is 5.99. The van der Waals surface area contributed by atoms with Crippen molar-refractivity contribution in [2.24, 2.45) is 0 Å². The molecule has 0 saturated carbocycles. The predicted molar refractivity (Wildman–Crippen MR) is 71.8 cm³/mol. The van der Waals surface area contributed by atoms with Crippen molar-refractivity contribution in [1.82, 2.24) is 4.57 Å². The minimum Gasteiger partial charge on any atom is -0.383 e. The van der Waals surface area contributed by atoms with Crippen LogP contribution in [0.3, 0.4) is 0 Å². The summed E-state index contributed by atoms with van der Waals surface area (Å²) in [5.41, 5.74) is 2.46. The van der Waals surface area contributed by atoms with E-state index in [0.29, 0.717) is 0 Å². The highest BCUT2D eigenvalue weighted by molar-refractivity contribution is 6.84. The molecule has 0 aliphatic carbocycles. The summed E-state index contributed by atoms with van der Waals surface area (Å²) in [6.45, 7) is 14.7. The Kier molecular flexibility index (Phi) is 7.15. The van der Waals surface area contributed by atoms with Crippen LogP contribution in [-0.2, 0) is 9.47 Å². The fraction of sp³-hybridized carbons (Fsp3) is 0.833. The van der Waals surface area contributed by atoms with Gasteiger partial charge in [-0.2, -0.15) is 0 Å². The number of rotatable bonds is 8. The molecular formula is C12H27NO2Si. The van der Waals surface area contributed by atoms with E-state index in [4.69, 9.17) is 9.47 Å². The van der Waals surface area contributed by atoms with E-state index < -0.39 is 8.24 Å². The smallest absolute Gasteiger partial charge is 0.211 e. The van der Waals surface area contributed by atoms with Crippen LogP contribution < -0.4 is 0 Å². The average Bonchev–Trinajstić information content (AvgIpc) is 2.34. The minimum atomic E-state index is -1.95. The number of hydrogen-bond acceptors (Lipinski definition) is 3. The lowest BCUT2D eigenvalue weighted by Crippen LogP contribution is -2.67. The van der Waals surface area contributed by atoms with Gasteiger partial charge < -0.3 is 14.0 Å². The van der Waals surface area contributed by atoms with Crippen LogP contribution in [0.5, 0.6) is 0 Å². The molecule has 0 radical (unpaired) electrons. The highest BCUT2D eigenvalue weighted by Crippen LogP contribution is 2.24. The summed E-state index contributed by atoms with van der Waals surface area (Å²) in [5, 5.41) is 0. The highest BCUT2D eigenvalue weighted by atomic mass is 28.3. The molecule has 3 nitrogen and oxygen atoms in total. The second kappa shape index (κ2) is 7.22. The van der Waals surface area contributed by atoms with Gasteiger partial charge in [0.1, 0.15) is 0 Å². The van der Waals surface area contributed by atoms with Crippen LogP contribution in [0, 0.1) is 0 Å². The molecule has 0 aromatic heterocycles. The van der Waals surface area contributed by atoms with Crippen molar-refractivity contribution in [1.29, 1.82) is 0 Å². The molecule has 0 aliphatic heterocycles. The summed E-state index contributed by atoms with van der Waals surface area (Å²) in [4.78, 5) is 0. The Morgan fingerprint density at radius 2 is 1.50 bits per heavy atom. The third-order valence-corrected chi connectivity index (χ3v) is 9.11. The third kappa shape index (κ3) is 2.74. The Bertz CT molecular complexity index is 197. The van der Waals surface area contributed by atoms with Crippen LogP contribution >= 0.6 is 0 Å². The molecule has 0 amide bonds. The zero-order valence-electron chi connectivity index (χ0n) is 11.6. The molecule has 2 unspecified atom stereocenters. The summed E-state index contributed by atoms with van der Waals surface area (Å²) in [6.07, 6.45) is 0. The summed E-state index contributed by atoms with van der Waals surface area (Å²) >= 11 is 0. The molecule has 2 atom stereocenters. The normalized spacial score (nSPS) is 19.2. The minimum absolute atomic E-state index is 0.180. The maximum Gasteiger partial charge on any atom is 0.211 e. The lowest BCUT2D eigenvalue weighted by molar-refractivity contribution is 0.120. The van der Waals surface area contributed by atoms with E-state index in [1.165, 1.54) is 0 Å². The van der Waals surface area contributed by atoms with Gasteiger partial charge in [-0.3, -0.25) is 0 Å². The maximum absolute atomic E-state index is 5.58. The molecule has 0 bridgehead atoms. The Morgan fingerprint density at radius 1 is 1.12 bits per heavy atom. The van der Waals surface area contributed by atoms with Gasteiger partial charge in [0.15, 0.2) is 0 Å². The van der Waals surface area contributed by atoms with E-state index in [2.05, 4.69) is 44.5 Å². The lowest BCUT2D eigenvalue weighted by Gasteiger charge is -2.45. The van der Waals surface area contributed by atoms with Crippen LogP contribution in [-0.4, -0.2) is 51.6 Å². The van der Waals surface area contributed by atoms with Crippen molar-refractivity contribution in [2.45, 2.75) is 39.1 Å². The molecule has 0 heterocycles. The Hall–Kier alpha value is -0.163. The summed E-state index contributed by atoms with van der Waals surface area (Å²) in [7, 11) is 1.58. The molecule has 16 heavy (non-hydrogen) atoms. The molecule has 0 aromatic rings. The van der Waals surface area contributed by atoms with Gasteiger partial charge in [0, 0.05) is 14.2 Å². The predicted octanol–water partition coefficient (Wildman–Crippen LogP) is 2.15. The van der Waals surface area contributed by atoms with E-state index >= 15 is 0 Å². The van der Waals surface area contributed by atoms with E-state index in [0.717, 1.165) is 13.1 Å². The highest BCUT2D eigenvalue weighted by Gasteiger charge is 2.46. The van der Waals surface area contributed by atoms with Crippen LogP contribution in [0.4, 0.5) is 0 Å². The van der Waals surface area contributed by atoms with Crippen LogP contribution in [0.15, 0.2) is 12.3 Å². The van der Waals surface area contributed by atoms with Gasteiger partial charge in [0.2, 0.25) is 8.24 Å². The van der Waals surface area contributed by atoms with Crippen molar-refractivity contribution in [3.63, 3.8) is 0 Å². The SMILES string of the molecule is C=C[Si](C(C)OC)(C(C)OC)N(CC)CC. The van der Waals surface area contributed by atoms with Crippen LogP contribution in [0.2, 0.25) is 0 Å². The van der Waals surface area contributed by atoms with Gasteiger partial charge in [0.25, 0.3) is 0 Å². The fourth-order valence-corrected chi connectivity index (χ4v) is 6.92. The molecule has 96 valence electrons. The molecule has 0 spiro atoms. The van der Waals surface area contributed by atoms with Crippen LogP contribution in [0.1, 0.15) is 27.7 Å². The molecule has 0 aliphatic rings. The van der Waals surface area contributed by atoms with Gasteiger partial charge in [-0.05, 0) is 26.9 Å². The Morgan fingerprint density at radius 3 is 1.69 bits per heavy atom. The lowest BCUT2D eigenvalue weighted by atomic mass is 10.7. The maximum atomic E-state index is 5.58. The first-order chi connectivity index (χ1) is 7.54. The van der Waals surface area contributed by atoms with Crippen molar-refractivity contribution in [3.8, 4) is 0 Å². The zero-order chi connectivity index (χ0) is 12.8. The molecule has 0 aromatic carbocycles. The zero-order valence-corrected chi connectivity index (χ0v) is 12.6.